The van der Waals surface area contributed by atoms with E-state index in [2.05, 4.69) is 46.1 Å². The lowest BCUT2D eigenvalue weighted by atomic mass is 9.83. The summed E-state index contributed by atoms with van der Waals surface area (Å²) in [5, 5.41) is 10.1. The number of hydrogen-bond donors (Lipinski definition) is 0. The number of carbonyl (C=O) groups excluding carboxylic acids is 1. The van der Waals surface area contributed by atoms with Crippen molar-refractivity contribution in [3.8, 4) is 17.1 Å². The highest BCUT2D eigenvalue weighted by Crippen LogP contribution is 2.46. The summed E-state index contributed by atoms with van der Waals surface area (Å²) in [6.45, 7) is 4.31. The Bertz CT molecular complexity index is 1410. The zero-order valence-electron chi connectivity index (χ0n) is 19.6. The van der Waals surface area contributed by atoms with E-state index in [4.69, 9.17) is 11.6 Å². The Hall–Kier alpha value is -3.42. The normalized spacial score (nSPS) is 15.4. The number of para-hydroxylation sites is 1. The number of thioether (sulfide) groups is 1. The lowest BCUT2D eigenvalue weighted by Gasteiger charge is -2.23. The van der Waals surface area contributed by atoms with Crippen LogP contribution in [-0.2, 0) is 10.2 Å². The van der Waals surface area contributed by atoms with E-state index >= 15 is 0 Å². The van der Waals surface area contributed by atoms with Crippen molar-refractivity contribution in [2.45, 2.75) is 24.4 Å². The summed E-state index contributed by atoms with van der Waals surface area (Å²) in [5.41, 5.74) is 4.85. The molecule has 0 spiro atoms. The number of hydrogen-bond acceptors (Lipinski definition) is 6. The van der Waals surface area contributed by atoms with Gasteiger partial charge in [0.15, 0.2) is 16.8 Å². The summed E-state index contributed by atoms with van der Waals surface area (Å²) in [6, 6.07) is 19.5. The molecule has 0 unspecified atom stereocenters. The van der Waals surface area contributed by atoms with Gasteiger partial charge in [0, 0.05) is 58.6 Å². The Morgan fingerprint density at radius 2 is 1.74 bits per heavy atom. The van der Waals surface area contributed by atoms with Crippen LogP contribution in [0.25, 0.3) is 17.1 Å². The van der Waals surface area contributed by atoms with Crippen molar-refractivity contribution in [1.29, 1.82) is 0 Å². The van der Waals surface area contributed by atoms with Crippen LogP contribution in [0, 0.1) is 0 Å². The SMILES string of the molecule is CN1/C(=C\C(=O)CSc2nnc(-c3ccncc3)n2-c2ccc(Cl)cc2)C(C)(C)c2ccccc21. The van der Waals surface area contributed by atoms with Crippen molar-refractivity contribution in [3.63, 3.8) is 0 Å². The molecule has 0 radical (unpaired) electrons. The number of allylic oxidation sites excluding steroid dienone is 2. The summed E-state index contributed by atoms with van der Waals surface area (Å²) >= 11 is 7.48. The van der Waals surface area contributed by atoms with Gasteiger partial charge in [-0.15, -0.1) is 10.2 Å². The molecular formula is C27H24ClN5OS. The minimum absolute atomic E-state index is 0.0221. The molecule has 0 bridgehead atoms. The van der Waals surface area contributed by atoms with Crippen molar-refractivity contribution >= 4 is 34.8 Å². The molecule has 1 aliphatic rings. The molecule has 35 heavy (non-hydrogen) atoms. The minimum atomic E-state index is -0.247. The highest BCUT2D eigenvalue weighted by molar-refractivity contribution is 7.99. The average molecular weight is 502 g/mol. The molecule has 0 fully saturated rings. The van der Waals surface area contributed by atoms with Crippen molar-refractivity contribution in [1.82, 2.24) is 19.7 Å². The van der Waals surface area contributed by atoms with Crippen LogP contribution in [0.15, 0.2) is 90.0 Å². The van der Waals surface area contributed by atoms with E-state index in [-0.39, 0.29) is 17.0 Å². The van der Waals surface area contributed by atoms with Crippen LogP contribution in [0.2, 0.25) is 5.02 Å². The standard InChI is InChI=1S/C27H24ClN5OS/c1-27(2)22-6-4-5-7-23(22)32(3)24(27)16-21(34)17-35-26-31-30-25(18-12-14-29-15-13-18)33(26)20-10-8-19(28)9-11-20/h4-16H,17H2,1-3H3/b24-16-. The van der Waals surface area contributed by atoms with Crippen LogP contribution in [-0.4, -0.2) is 38.3 Å². The van der Waals surface area contributed by atoms with Crippen LogP contribution in [0.1, 0.15) is 19.4 Å². The van der Waals surface area contributed by atoms with Crippen LogP contribution >= 0.6 is 23.4 Å². The molecule has 3 heterocycles. The third kappa shape index (κ3) is 4.37. The Labute approximate surface area is 213 Å². The van der Waals surface area contributed by atoms with Crippen LogP contribution in [0.5, 0.6) is 0 Å². The first kappa shape index (κ1) is 23.3. The van der Waals surface area contributed by atoms with Gasteiger partial charge >= 0.3 is 0 Å². The lowest BCUT2D eigenvalue weighted by molar-refractivity contribution is -0.112. The number of halogens is 1. The zero-order chi connectivity index (χ0) is 24.6. The first-order chi connectivity index (χ1) is 16.9. The van der Waals surface area contributed by atoms with E-state index in [9.17, 15) is 4.79 Å². The van der Waals surface area contributed by atoms with Gasteiger partial charge in [-0.05, 0) is 48.0 Å². The number of carbonyl (C=O) groups is 1. The molecule has 1 aliphatic heterocycles. The van der Waals surface area contributed by atoms with Gasteiger partial charge < -0.3 is 4.90 Å². The number of fused-ring (bicyclic) bond motifs is 1. The number of ketones is 1. The summed E-state index contributed by atoms with van der Waals surface area (Å²) < 4.78 is 1.94. The Balaban J connectivity index is 1.43. The van der Waals surface area contributed by atoms with Gasteiger partial charge in [-0.25, -0.2) is 0 Å². The second kappa shape index (κ2) is 9.32. The van der Waals surface area contributed by atoms with E-state index in [0.29, 0.717) is 16.0 Å². The summed E-state index contributed by atoms with van der Waals surface area (Å²) in [7, 11) is 2.01. The number of likely N-dealkylation sites (N-methyl/N-ethyl adjacent to an activating group) is 1. The molecule has 176 valence electrons. The van der Waals surface area contributed by atoms with Gasteiger partial charge in [0.25, 0.3) is 0 Å². The van der Waals surface area contributed by atoms with Gasteiger partial charge in [0.2, 0.25) is 0 Å². The molecule has 5 rings (SSSR count). The molecular weight excluding hydrogens is 478 g/mol. The molecule has 4 aromatic rings. The molecule has 8 heteroatoms. The van der Waals surface area contributed by atoms with Crippen LogP contribution in [0.4, 0.5) is 5.69 Å². The zero-order valence-corrected chi connectivity index (χ0v) is 21.2. The van der Waals surface area contributed by atoms with E-state index in [1.54, 1.807) is 18.5 Å². The molecule has 0 saturated carbocycles. The molecule has 0 N–H and O–H groups in total. The summed E-state index contributed by atoms with van der Waals surface area (Å²) in [5.74, 6) is 0.940. The Morgan fingerprint density at radius 1 is 1.03 bits per heavy atom. The first-order valence-corrected chi connectivity index (χ1v) is 12.6. The molecule has 6 nitrogen and oxygen atoms in total. The van der Waals surface area contributed by atoms with E-state index in [1.807, 2.05) is 60.1 Å². The maximum Gasteiger partial charge on any atom is 0.196 e. The predicted molar refractivity (Wildman–Crippen MR) is 141 cm³/mol. The van der Waals surface area contributed by atoms with Gasteiger partial charge in [0.1, 0.15) is 0 Å². The van der Waals surface area contributed by atoms with Gasteiger partial charge in [-0.1, -0.05) is 55.4 Å². The fourth-order valence-electron chi connectivity index (χ4n) is 4.46. The number of nitrogens with zero attached hydrogens (tertiary/aromatic N) is 5. The maximum atomic E-state index is 13.1. The monoisotopic (exact) mass is 501 g/mol. The summed E-state index contributed by atoms with van der Waals surface area (Å²) in [6.07, 6.45) is 5.20. The Kier molecular flexibility index (Phi) is 6.21. The van der Waals surface area contributed by atoms with Crippen molar-refractivity contribution in [2.24, 2.45) is 0 Å². The number of anilines is 1. The van der Waals surface area contributed by atoms with Crippen molar-refractivity contribution in [3.05, 3.63) is 95.4 Å². The topological polar surface area (TPSA) is 63.9 Å². The van der Waals surface area contributed by atoms with Crippen LogP contribution in [0.3, 0.4) is 0 Å². The highest BCUT2D eigenvalue weighted by atomic mass is 35.5. The second-order valence-corrected chi connectivity index (χ2v) is 10.2. The average Bonchev–Trinajstić information content (AvgIpc) is 3.37. The largest absolute Gasteiger partial charge is 0.347 e. The molecule has 2 aromatic carbocycles. The van der Waals surface area contributed by atoms with Gasteiger partial charge in [-0.3, -0.25) is 14.3 Å². The molecule has 0 saturated heterocycles. The first-order valence-electron chi connectivity index (χ1n) is 11.2. The molecule has 0 amide bonds. The fourth-order valence-corrected chi connectivity index (χ4v) is 5.36. The van der Waals surface area contributed by atoms with Gasteiger partial charge in [0.05, 0.1) is 5.75 Å². The minimum Gasteiger partial charge on any atom is -0.347 e. The lowest BCUT2D eigenvalue weighted by Crippen LogP contribution is -2.24. The highest BCUT2D eigenvalue weighted by Gasteiger charge is 2.38. The van der Waals surface area contributed by atoms with Crippen molar-refractivity contribution in [2.75, 3.05) is 17.7 Å². The fraction of sp³-hybridized carbons (Fsp3) is 0.185. The number of benzene rings is 2. The number of rotatable bonds is 6. The second-order valence-electron chi connectivity index (χ2n) is 8.84. The van der Waals surface area contributed by atoms with E-state index in [0.717, 1.165) is 22.6 Å². The third-order valence-corrected chi connectivity index (χ3v) is 7.44. The Morgan fingerprint density at radius 3 is 2.46 bits per heavy atom. The van der Waals surface area contributed by atoms with Crippen LogP contribution < -0.4 is 4.90 Å². The maximum absolute atomic E-state index is 13.1. The number of pyridine rings is 1. The third-order valence-electron chi connectivity index (χ3n) is 6.24. The molecule has 0 atom stereocenters. The van der Waals surface area contributed by atoms with Gasteiger partial charge in [-0.2, -0.15) is 0 Å². The molecule has 2 aromatic heterocycles. The smallest absolute Gasteiger partial charge is 0.196 e. The number of aromatic nitrogens is 4. The summed E-state index contributed by atoms with van der Waals surface area (Å²) in [4.78, 5) is 19.3. The van der Waals surface area contributed by atoms with E-state index < -0.39 is 0 Å². The molecule has 0 aliphatic carbocycles. The van der Waals surface area contributed by atoms with Crippen molar-refractivity contribution < 1.29 is 4.79 Å². The quantitative estimate of drug-likeness (QED) is 0.240. The van der Waals surface area contributed by atoms with E-state index in [1.165, 1.54) is 17.3 Å². The predicted octanol–water partition coefficient (Wildman–Crippen LogP) is 5.96.